The highest BCUT2D eigenvalue weighted by Gasteiger charge is 2.09. The number of benzene rings is 1. The Labute approximate surface area is 126 Å². The van der Waals surface area contributed by atoms with Crippen molar-refractivity contribution < 1.29 is 4.74 Å². The molecule has 0 aliphatic carbocycles. The molecule has 1 aromatic carbocycles. The van der Waals surface area contributed by atoms with Crippen molar-refractivity contribution in [2.75, 3.05) is 0 Å². The highest BCUT2D eigenvalue weighted by atomic mass is 79.9. The van der Waals surface area contributed by atoms with Crippen LogP contribution in [0.4, 0.5) is 0 Å². The van der Waals surface area contributed by atoms with Crippen LogP contribution >= 0.6 is 62.1 Å². The summed E-state index contributed by atoms with van der Waals surface area (Å²) >= 11 is 22.8. The molecule has 1 heterocycles. The number of halogens is 4. The van der Waals surface area contributed by atoms with Gasteiger partial charge in [-0.25, -0.2) is 0 Å². The minimum atomic E-state index is 0.415. The van der Waals surface area contributed by atoms with Gasteiger partial charge in [0.15, 0.2) is 5.75 Å². The molecular formula is C11H6BrCl3OS. The molecule has 0 saturated carbocycles. The molecule has 0 atom stereocenters. The molecule has 0 aliphatic heterocycles. The molecule has 2 aromatic rings. The van der Waals surface area contributed by atoms with Gasteiger partial charge < -0.3 is 4.74 Å². The largest absolute Gasteiger partial charge is 0.485 e. The lowest BCUT2D eigenvalue weighted by molar-refractivity contribution is 0.310. The quantitative estimate of drug-likeness (QED) is 0.637. The first-order chi connectivity index (χ1) is 8.06. The van der Waals surface area contributed by atoms with E-state index in [9.17, 15) is 0 Å². The van der Waals surface area contributed by atoms with Crippen LogP contribution < -0.4 is 4.74 Å². The molecule has 0 radical (unpaired) electrons. The molecule has 0 aliphatic rings. The minimum absolute atomic E-state index is 0.415. The molecular weight excluding hydrogens is 366 g/mol. The second-order valence-corrected chi connectivity index (χ2v) is 6.99. The summed E-state index contributed by atoms with van der Waals surface area (Å²) in [5, 5.41) is 1.32. The van der Waals surface area contributed by atoms with Gasteiger partial charge in [0.2, 0.25) is 0 Å². The second-order valence-electron chi connectivity index (χ2n) is 3.19. The molecule has 1 nitrogen and oxygen atoms in total. The molecule has 6 heteroatoms. The molecule has 2 rings (SSSR count). The van der Waals surface area contributed by atoms with Crippen LogP contribution in [0.25, 0.3) is 0 Å². The summed E-state index contributed by atoms with van der Waals surface area (Å²) in [6, 6.07) is 7.16. The van der Waals surface area contributed by atoms with Gasteiger partial charge in [0, 0.05) is 9.90 Å². The van der Waals surface area contributed by atoms with Gasteiger partial charge in [0.05, 0.1) is 13.8 Å². The molecule has 90 valence electrons. The van der Waals surface area contributed by atoms with Crippen molar-refractivity contribution in [3.8, 4) is 5.75 Å². The number of ether oxygens (including phenoxy) is 1. The minimum Gasteiger partial charge on any atom is -0.485 e. The van der Waals surface area contributed by atoms with E-state index >= 15 is 0 Å². The molecule has 0 N–H and O–H groups in total. The third-order valence-corrected chi connectivity index (χ3v) is 4.33. The van der Waals surface area contributed by atoms with Crippen LogP contribution in [-0.2, 0) is 6.61 Å². The summed E-state index contributed by atoms with van der Waals surface area (Å²) in [6.45, 7) is 0.428. The van der Waals surface area contributed by atoms with Gasteiger partial charge in [-0.1, -0.05) is 34.8 Å². The van der Waals surface area contributed by atoms with E-state index in [1.54, 1.807) is 23.5 Å². The normalized spacial score (nSPS) is 10.6. The van der Waals surface area contributed by atoms with E-state index in [1.807, 2.05) is 12.1 Å². The Bertz CT molecular complexity index is 518. The monoisotopic (exact) mass is 370 g/mol. The van der Waals surface area contributed by atoms with Crippen molar-refractivity contribution in [2.24, 2.45) is 0 Å². The first-order valence-corrected chi connectivity index (χ1v) is 7.32. The maximum absolute atomic E-state index is 6.01. The maximum Gasteiger partial charge on any atom is 0.157 e. The van der Waals surface area contributed by atoms with Gasteiger partial charge in [-0.05, 0) is 40.2 Å². The fourth-order valence-corrected chi connectivity index (χ4v) is 3.56. The summed E-state index contributed by atoms with van der Waals surface area (Å²) in [5.74, 6) is 0.460. The lowest BCUT2D eigenvalue weighted by Gasteiger charge is -2.09. The molecule has 1 aromatic heterocycles. The van der Waals surface area contributed by atoms with Gasteiger partial charge in [-0.15, -0.1) is 11.3 Å². The zero-order valence-electron chi connectivity index (χ0n) is 8.34. The number of thiophene rings is 1. The first kappa shape index (κ1) is 13.5. The molecule has 0 spiro atoms. The van der Waals surface area contributed by atoms with Crippen molar-refractivity contribution in [1.29, 1.82) is 0 Å². The van der Waals surface area contributed by atoms with Crippen LogP contribution in [0.5, 0.6) is 5.75 Å². The Morgan fingerprint density at radius 3 is 2.29 bits per heavy atom. The number of rotatable bonds is 3. The zero-order valence-corrected chi connectivity index (χ0v) is 13.0. The lowest BCUT2D eigenvalue weighted by Crippen LogP contribution is -1.94. The molecule has 0 saturated heterocycles. The highest BCUT2D eigenvalue weighted by molar-refractivity contribution is 9.11. The Morgan fingerprint density at radius 1 is 1.12 bits per heavy atom. The van der Waals surface area contributed by atoms with E-state index in [4.69, 9.17) is 39.5 Å². The second kappa shape index (κ2) is 5.81. The Hall–Kier alpha value is 0.0700. The summed E-state index contributed by atoms with van der Waals surface area (Å²) in [5.41, 5.74) is 0. The van der Waals surface area contributed by atoms with E-state index in [2.05, 4.69) is 15.9 Å². The van der Waals surface area contributed by atoms with Gasteiger partial charge >= 0.3 is 0 Å². The van der Waals surface area contributed by atoms with Gasteiger partial charge in [-0.3, -0.25) is 0 Å². The topological polar surface area (TPSA) is 9.23 Å². The van der Waals surface area contributed by atoms with Crippen LogP contribution in [-0.4, -0.2) is 0 Å². The number of hydrogen-bond acceptors (Lipinski definition) is 2. The average Bonchev–Trinajstić information content (AvgIpc) is 2.62. The van der Waals surface area contributed by atoms with Crippen molar-refractivity contribution in [3.63, 3.8) is 0 Å². The Morgan fingerprint density at radius 2 is 1.76 bits per heavy atom. The fraction of sp³-hybridized carbons (Fsp3) is 0.0909. The van der Waals surface area contributed by atoms with E-state index < -0.39 is 0 Å². The lowest BCUT2D eigenvalue weighted by atomic mass is 10.3. The molecule has 0 amide bonds. The summed E-state index contributed by atoms with van der Waals surface area (Å²) in [7, 11) is 0. The predicted molar refractivity (Wildman–Crippen MR) is 77.8 cm³/mol. The fourth-order valence-electron chi connectivity index (χ4n) is 1.24. The highest BCUT2D eigenvalue weighted by Crippen LogP contribution is 2.36. The zero-order chi connectivity index (χ0) is 12.4. The summed E-state index contributed by atoms with van der Waals surface area (Å²) < 4.78 is 6.65. The van der Waals surface area contributed by atoms with Gasteiger partial charge in [0.25, 0.3) is 0 Å². The van der Waals surface area contributed by atoms with Gasteiger partial charge in [-0.2, -0.15) is 0 Å². The molecule has 0 bridgehead atoms. The van der Waals surface area contributed by atoms with Crippen molar-refractivity contribution in [1.82, 2.24) is 0 Å². The van der Waals surface area contributed by atoms with Crippen LogP contribution in [0.2, 0.25) is 15.1 Å². The van der Waals surface area contributed by atoms with Crippen molar-refractivity contribution in [2.45, 2.75) is 6.61 Å². The molecule has 0 unspecified atom stereocenters. The third-order valence-electron chi connectivity index (χ3n) is 1.95. The Kier molecular flexibility index (Phi) is 4.61. The summed E-state index contributed by atoms with van der Waals surface area (Å²) in [6.07, 6.45) is 0. The average molecular weight is 372 g/mol. The molecule has 17 heavy (non-hydrogen) atoms. The summed E-state index contributed by atoms with van der Waals surface area (Å²) in [4.78, 5) is 1.08. The van der Waals surface area contributed by atoms with E-state index in [1.165, 1.54) is 0 Å². The van der Waals surface area contributed by atoms with Crippen LogP contribution in [0.15, 0.2) is 28.1 Å². The van der Waals surface area contributed by atoms with Crippen molar-refractivity contribution >= 4 is 62.1 Å². The first-order valence-electron chi connectivity index (χ1n) is 4.58. The maximum atomic E-state index is 6.01. The molecule has 0 fully saturated rings. The van der Waals surface area contributed by atoms with E-state index in [0.29, 0.717) is 27.4 Å². The van der Waals surface area contributed by atoms with Gasteiger partial charge in [0.1, 0.15) is 6.61 Å². The van der Waals surface area contributed by atoms with Crippen LogP contribution in [0.3, 0.4) is 0 Å². The SMILES string of the molecule is Clc1cc(Cl)c(OCc2ccc(Br)s2)c(Cl)c1. The predicted octanol–water partition coefficient (Wildman–Crippen LogP) is 6.05. The van der Waals surface area contributed by atoms with Crippen LogP contribution in [0.1, 0.15) is 4.88 Å². The van der Waals surface area contributed by atoms with Crippen LogP contribution in [0, 0.1) is 0 Å². The Balaban J connectivity index is 2.14. The van der Waals surface area contributed by atoms with Crippen molar-refractivity contribution in [3.05, 3.63) is 48.0 Å². The van der Waals surface area contributed by atoms with E-state index in [0.717, 1.165) is 8.66 Å². The van der Waals surface area contributed by atoms with E-state index in [-0.39, 0.29) is 0 Å². The third kappa shape index (κ3) is 3.52. The standard InChI is InChI=1S/C11H6BrCl3OS/c12-10-2-1-7(17-10)5-16-11-8(14)3-6(13)4-9(11)15/h1-4H,5H2. The smallest absolute Gasteiger partial charge is 0.157 e. The number of hydrogen-bond donors (Lipinski definition) is 0.